The lowest BCUT2D eigenvalue weighted by Gasteiger charge is -2.15. The van der Waals surface area contributed by atoms with Gasteiger partial charge in [-0.05, 0) is 30.5 Å². The van der Waals surface area contributed by atoms with Gasteiger partial charge in [-0.15, -0.1) is 0 Å². The number of pyridine rings is 1. The normalized spacial score (nSPS) is 13.7. The average Bonchev–Trinajstić information content (AvgIpc) is 3.05. The molecule has 1 fully saturated rings. The molecule has 27 heavy (non-hydrogen) atoms. The van der Waals surface area contributed by atoms with E-state index in [1.54, 1.807) is 6.92 Å². The predicted molar refractivity (Wildman–Crippen MR) is 98.2 cm³/mol. The zero-order valence-electron chi connectivity index (χ0n) is 15.1. The van der Waals surface area contributed by atoms with Crippen molar-refractivity contribution < 1.29 is 19.5 Å². The van der Waals surface area contributed by atoms with E-state index in [1.165, 1.54) is 12.3 Å². The summed E-state index contributed by atoms with van der Waals surface area (Å²) in [5.41, 5.74) is 2.67. The third-order valence-electron chi connectivity index (χ3n) is 4.60. The number of carboxylic acids is 1. The molecule has 2 aromatic rings. The van der Waals surface area contributed by atoms with Crippen LogP contribution in [0.3, 0.4) is 0 Å². The number of nitrogens with zero attached hydrogens (tertiary/aromatic N) is 2. The topological polar surface area (TPSA) is 99.6 Å². The maximum atomic E-state index is 12.4. The minimum atomic E-state index is -1.12. The van der Waals surface area contributed by atoms with E-state index < -0.39 is 5.97 Å². The zero-order valence-corrected chi connectivity index (χ0v) is 15.1. The van der Waals surface area contributed by atoms with Crippen LogP contribution in [0.15, 0.2) is 36.5 Å². The van der Waals surface area contributed by atoms with Crippen LogP contribution in [0, 0.1) is 6.92 Å². The maximum Gasteiger partial charge on any atom is 0.337 e. The highest BCUT2D eigenvalue weighted by Gasteiger charge is 2.19. The number of carbonyl (C=O) groups is 3. The second kappa shape index (κ2) is 7.99. The molecule has 0 bridgehead atoms. The highest BCUT2D eigenvalue weighted by Crippen LogP contribution is 2.15. The first kappa shape index (κ1) is 18.6. The van der Waals surface area contributed by atoms with Gasteiger partial charge in [0.2, 0.25) is 5.91 Å². The number of amides is 2. The monoisotopic (exact) mass is 367 g/mol. The molecule has 0 aliphatic carbocycles. The Kier molecular flexibility index (Phi) is 5.49. The van der Waals surface area contributed by atoms with E-state index in [-0.39, 0.29) is 22.9 Å². The van der Waals surface area contributed by atoms with Crippen LogP contribution >= 0.6 is 0 Å². The second-order valence-corrected chi connectivity index (χ2v) is 6.58. The lowest BCUT2D eigenvalue weighted by molar-refractivity contribution is -0.128. The fraction of sp³-hybridized carbons (Fsp3) is 0.300. The SMILES string of the molecule is Cc1ncc(C(=O)O)cc1C(=O)NCc1ccc(CN2CCCC2=O)cc1. The lowest BCUT2D eigenvalue weighted by Crippen LogP contribution is -2.25. The van der Waals surface area contributed by atoms with Crippen LogP contribution in [0.5, 0.6) is 0 Å². The molecule has 1 saturated heterocycles. The van der Waals surface area contributed by atoms with Crippen molar-refractivity contribution in [1.82, 2.24) is 15.2 Å². The van der Waals surface area contributed by atoms with Crippen LogP contribution in [-0.2, 0) is 17.9 Å². The Bertz CT molecular complexity index is 877. The molecule has 1 aliphatic heterocycles. The summed E-state index contributed by atoms with van der Waals surface area (Å²) in [5.74, 6) is -1.29. The molecule has 1 aromatic carbocycles. The van der Waals surface area contributed by atoms with Crippen molar-refractivity contribution in [1.29, 1.82) is 0 Å². The van der Waals surface area contributed by atoms with Gasteiger partial charge < -0.3 is 15.3 Å². The highest BCUT2D eigenvalue weighted by atomic mass is 16.4. The van der Waals surface area contributed by atoms with Crippen molar-refractivity contribution in [2.45, 2.75) is 32.9 Å². The number of aromatic nitrogens is 1. The van der Waals surface area contributed by atoms with Crippen LogP contribution in [0.4, 0.5) is 0 Å². The van der Waals surface area contributed by atoms with Crippen LogP contribution in [-0.4, -0.2) is 39.3 Å². The number of aryl methyl sites for hydroxylation is 1. The molecule has 7 heteroatoms. The van der Waals surface area contributed by atoms with E-state index in [4.69, 9.17) is 5.11 Å². The smallest absolute Gasteiger partial charge is 0.337 e. The van der Waals surface area contributed by atoms with Crippen molar-refractivity contribution in [3.63, 3.8) is 0 Å². The van der Waals surface area contributed by atoms with Gasteiger partial charge in [0.1, 0.15) is 0 Å². The molecule has 2 N–H and O–H groups in total. The lowest BCUT2D eigenvalue weighted by atomic mass is 10.1. The summed E-state index contributed by atoms with van der Waals surface area (Å²) in [6, 6.07) is 9.05. The summed E-state index contributed by atoms with van der Waals surface area (Å²) in [6.45, 7) is 3.39. The average molecular weight is 367 g/mol. The number of hydrogen-bond acceptors (Lipinski definition) is 4. The Balaban J connectivity index is 1.60. The van der Waals surface area contributed by atoms with Crippen molar-refractivity contribution in [3.8, 4) is 0 Å². The van der Waals surface area contributed by atoms with Crippen LogP contribution in [0.1, 0.15) is 50.4 Å². The predicted octanol–water partition coefficient (Wildman–Crippen LogP) is 2.14. The molecule has 0 unspecified atom stereocenters. The number of aromatic carboxylic acids is 1. The number of nitrogens with one attached hydrogen (secondary N) is 1. The van der Waals surface area contributed by atoms with Gasteiger partial charge in [-0.25, -0.2) is 4.79 Å². The fourth-order valence-electron chi connectivity index (χ4n) is 3.01. The quantitative estimate of drug-likeness (QED) is 0.815. The number of benzene rings is 1. The van der Waals surface area contributed by atoms with Crippen molar-refractivity contribution in [2.24, 2.45) is 0 Å². The first-order chi connectivity index (χ1) is 12.9. The molecule has 2 amide bonds. The highest BCUT2D eigenvalue weighted by molar-refractivity contribution is 5.98. The number of carbonyl (C=O) groups excluding carboxylic acids is 2. The number of hydrogen-bond donors (Lipinski definition) is 2. The van der Waals surface area contributed by atoms with Gasteiger partial charge in [0.15, 0.2) is 0 Å². The number of likely N-dealkylation sites (tertiary alicyclic amines) is 1. The molecule has 0 saturated carbocycles. The summed E-state index contributed by atoms with van der Waals surface area (Å²) in [7, 11) is 0. The van der Waals surface area contributed by atoms with Crippen molar-refractivity contribution in [2.75, 3.05) is 6.54 Å². The summed E-state index contributed by atoms with van der Waals surface area (Å²) >= 11 is 0. The molecule has 140 valence electrons. The molecule has 1 aromatic heterocycles. The van der Waals surface area contributed by atoms with E-state index >= 15 is 0 Å². The van der Waals surface area contributed by atoms with E-state index in [0.29, 0.717) is 25.2 Å². The van der Waals surface area contributed by atoms with E-state index in [0.717, 1.165) is 24.1 Å². The summed E-state index contributed by atoms with van der Waals surface area (Å²) < 4.78 is 0. The number of rotatable bonds is 6. The Morgan fingerprint density at radius 3 is 2.56 bits per heavy atom. The van der Waals surface area contributed by atoms with E-state index in [9.17, 15) is 14.4 Å². The Labute approximate surface area is 157 Å². The molecular weight excluding hydrogens is 346 g/mol. The van der Waals surface area contributed by atoms with Gasteiger partial charge in [0.05, 0.1) is 16.8 Å². The molecule has 3 rings (SSSR count). The standard InChI is InChI=1S/C20H21N3O4/c1-13-17(9-16(11-21-13)20(26)27)19(25)22-10-14-4-6-15(7-5-14)12-23-8-2-3-18(23)24/h4-7,9,11H,2-3,8,10,12H2,1H3,(H,22,25)(H,26,27). The van der Waals surface area contributed by atoms with Gasteiger partial charge in [0, 0.05) is 32.3 Å². The summed E-state index contributed by atoms with van der Waals surface area (Å²) in [5, 5.41) is 11.8. The van der Waals surface area contributed by atoms with Gasteiger partial charge in [-0.2, -0.15) is 0 Å². The molecule has 0 atom stereocenters. The molecule has 0 radical (unpaired) electrons. The largest absolute Gasteiger partial charge is 0.478 e. The Morgan fingerprint density at radius 1 is 1.22 bits per heavy atom. The summed E-state index contributed by atoms with van der Waals surface area (Å²) in [4.78, 5) is 40.9. The van der Waals surface area contributed by atoms with Crippen LogP contribution in [0.25, 0.3) is 0 Å². The molecule has 2 heterocycles. The Hall–Kier alpha value is -3.22. The van der Waals surface area contributed by atoms with E-state index in [2.05, 4.69) is 10.3 Å². The molecule has 7 nitrogen and oxygen atoms in total. The Morgan fingerprint density at radius 2 is 1.93 bits per heavy atom. The first-order valence-corrected chi connectivity index (χ1v) is 8.78. The molecule has 0 spiro atoms. The van der Waals surface area contributed by atoms with Crippen molar-refractivity contribution >= 4 is 17.8 Å². The zero-order chi connectivity index (χ0) is 19.4. The number of carboxylic acid groups (broad SMARTS) is 1. The molecular formula is C20H21N3O4. The minimum Gasteiger partial charge on any atom is -0.478 e. The third-order valence-corrected chi connectivity index (χ3v) is 4.60. The second-order valence-electron chi connectivity index (χ2n) is 6.58. The third kappa shape index (κ3) is 4.49. The first-order valence-electron chi connectivity index (χ1n) is 8.78. The van der Waals surface area contributed by atoms with Crippen LogP contribution in [0.2, 0.25) is 0 Å². The fourth-order valence-corrected chi connectivity index (χ4v) is 3.01. The van der Waals surface area contributed by atoms with Crippen molar-refractivity contribution in [3.05, 3.63) is 64.5 Å². The van der Waals surface area contributed by atoms with Crippen LogP contribution < -0.4 is 5.32 Å². The van der Waals surface area contributed by atoms with Gasteiger partial charge in [-0.1, -0.05) is 24.3 Å². The van der Waals surface area contributed by atoms with Gasteiger partial charge in [-0.3, -0.25) is 14.6 Å². The van der Waals surface area contributed by atoms with E-state index in [1.807, 2.05) is 29.2 Å². The van der Waals surface area contributed by atoms with Gasteiger partial charge >= 0.3 is 5.97 Å². The molecule has 1 aliphatic rings. The minimum absolute atomic E-state index is 0.0217. The van der Waals surface area contributed by atoms with Gasteiger partial charge in [0.25, 0.3) is 5.91 Å². The summed E-state index contributed by atoms with van der Waals surface area (Å²) in [6.07, 6.45) is 2.78. The maximum absolute atomic E-state index is 12.4.